The van der Waals surface area contributed by atoms with Crippen LogP contribution in [0.3, 0.4) is 0 Å². The summed E-state index contributed by atoms with van der Waals surface area (Å²) in [5.41, 5.74) is 4.23. The number of nitrogens with one attached hydrogen (secondary N) is 1. The van der Waals surface area contributed by atoms with Crippen molar-refractivity contribution in [3.8, 4) is 11.3 Å². The fraction of sp³-hybridized carbons (Fsp3) is 0.393. The van der Waals surface area contributed by atoms with Crippen LogP contribution in [0.5, 0.6) is 0 Å². The van der Waals surface area contributed by atoms with Gasteiger partial charge >= 0.3 is 0 Å². The molecule has 4 heterocycles. The van der Waals surface area contributed by atoms with E-state index in [9.17, 15) is 9.18 Å². The molecule has 1 aliphatic carbocycles. The largest absolute Gasteiger partial charge is 0.368 e. The van der Waals surface area contributed by atoms with Crippen LogP contribution in [0.4, 0.5) is 21.7 Å². The monoisotopic (exact) mass is 514 g/mol. The molecule has 0 radical (unpaired) electrons. The van der Waals surface area contributed by atoms with E-state index in [-0.39, 0.29) is 11.7 Å². The fourth-order valence-electron chi connectivity index (χ4n) is 4.89. The number of aromatic nitrogens is 5. The summed E-state index contributed by atoms with van der Waals surface area (Å²) in [7, 11) is 0. The zero-order chi connectivity index (χ0) is 26.2. The van der Waals surface area contributed by atoms with Crippen molar-refractivity contribution in [2.45, 2.75) is 39.2 Å². The molecule has 0 spiro atoms. The molecule has 10 heteroatoms. The molecule has 0 atom stereocenters. The van der Waals surface area contributed by atoms with Crippen LogP contribution in [-0.2, 0) is 4.79 Å². The van der Waals surface area contributed by atoms with Crippen LogP contribution in [0, 0.1) is 11.7 Å². The average molecular weight is 515 g/mol. The molecular formula is C28H31FN8O. The Morgan fingerprint density at radius 3 is 2.53 bits per heavy atom. The Hall–Kier alpha value is -4.08. The second kappa shape index (κ2) is 10.00. The molecule has 1 N–H and O–H groups in total. The number of halogens is 1. The lowest BCUT2D eigenvalue weighted by Gasteiger charge is -2.36. The number of anilines is 3. The Morgan fingerprint density at radius 2 is 1.82 bits per heavy atom. The summed E-state index contributed by atoms with van der Waals surface area (Å²) >= 11 is 0. The minimum atomic E-state index is -0.516. The highest BCUT2D eigenvalue weighted by atomic mass is 19.1. The lowest BCUT2D eigenvalue weighted by molar-refractivity contribution is -0.131. The molecule has 0 unspecified atom stereocenters. The molecule has 2 fully saturated rings. The molecule has 196 valence electrons. The van der Waals surface area contributed by atoms with Gasteiger partial charge in [-0.25, -0.2) is 14.4 Å². The van der Waals surface area contributed by atoms with Crippen molar-refractivity contribution in [3.05, 3.63) is 54.7 Å². The number of piperazine rings is 1. The van der Waals surface area contributed by atoms with E-state index in [0.717, 1.165) is 48.6 Å². The Balaban J connectivity index is 1.13. The highest BCUT2D eigenvalue weighted by Crippen LogP contribution is 2.33. The summed E-state index contributed by atoms with van der Waals surface area (Å²) in [4.78, 5) is 29.7. The van der Waals surface area contributed by atoms with E-state index in [1.807, 2.05) is 53.8 Å². The zero-order valence-electron chi connectivity index (χ0n) is 21.6. The van der Waals surface area contributed by atoms with Crippen molar-refractivity contribution in [3.63, 3.8) is 0 Å². The normalized spacial score (nSPS) is 15.9. The van der Waals surface area contributed by atoms with Crippen LogP contribution in [0.1, 0.15) is 39.2 Å². The Labute approximate surface area is 220 Å². The maximum absolute atomic E-state index is 14.7. The summed E-state index contributed by atoms with van der Waals surface area (Å²) in [5.74, 6) is 0.704. The van der Waals surface area contributed by atoms with Crippen molar-refractivity contribution in [2.75, 3.05) is 36.4 Å². The molecular weight excluding hydrogens is 483 g/mol. The van der Waals surface area contributed by atoms with Gasteiger partial charge in [0.1, 0.15) is 11.2 Å². The van der Waals surface area contributed by atoms with Crippen LogP contribution in [-0.4, -0.2) is 61.7 Å². The molecule has 9 nitrogen and oxygen atoms in total. The maximum Gasteiger partial charge on any atom is 0.227 e. The zero-order valence-corrected chi connectivity index (χ0v) is 21.6. The summed E-state index contributed by atoms with van der Waals surface area (Å²) < 4.78 is 16.6. The van der Waals surface area contributed by atoms with Gasteiger partial charge in [0, 0.05) is 61.8 Å². The van der Waals surface area contributed by atoms with Crippen LogP contribution in [0.25, 0.3) is 22.3 Å². The highest BCUT2D eigenvalue weighted by molar-refractivity contribution is 5.80. The molecule has 4 aromatic rings. The van der Waals surface area contributed by atoms with Gasteiger partial charge in [-0.15, -0.1) is 0 Å². The highest BCUT2D eigenvalue weighted by Gasteiger charge is 2.28. The number of nitrogens with zero attached hydrogens (tertiary/aromatic N) is 7. The molecule has 1 aliphatic heterocycles. The third kappa shape index (κ3) is 5.03. The molecule has 1 saturated carbocycles. The van der Waals surface area contributed by atoms with Gasteiger partial charge in [0.2, 0.25) is 11.9 Å². The van der Waals surface area contributed by atoms with Crippen molar-refractivity contribution in [2.24, 2.45) is 5.92 Å². The molecule has 3 aromatic heterocycles. The minimum Gasteiger partial charge on any atom is -0.368 e. The number of fused-ring (bicyclic) bond motifs is 1. The number of amides is 1. The summed E-state index contributed by atoms with van der Waals surface area (Å²) in [6, 6.07) is 10.0. The van der Waals surface area contributed by atoms with Gasteiger partial charge in [0.05, 0.1) is 17.9 Å². The Bertz CT molecular complexity index is 1460. The number of hydrogen-bond acceptors (Lipinski definition) is 7. The second-order valence-corrected chi connectivity index (χ2v) is 10.4. The summed E-state index contributed by atoms with van der Waals surface area (Å²) in [6.07, 6.45) is 7.61. The van der Waals surface area contributed by atoms with E-state index in [1.165, 1.54) is 19.0 Å². The van der Waals surface area contributed by atoms with Crippen molar-refractivity contribution >= 4 is 34.3 Å². The first-order valence-electron chi connectivity index (χ1n) is 13.2. The summed E-state index contributed by atoms with van der Waals surface area (Å²) in [6.45, 7) is 7.24. The lowest BCUT2D eigenvalue weighted by atomic mass is 10.2. The van der Waals surface area contributed by atoms with E-state index < -0.39 is 5.82 Å². The standard InChI is InChI=1S/C28H31FN8O/c1-18(2)37-25-14-20(15-30-24(25)17-32-37)27-23(29)16-31-28(34-27)33-21-5-7-22(8-6-21)35-9-11-36(12-10-35)26(38)13-19-3-4-19/h5-8,14-19H,3-4,9-13H2,1-2H3,(H,31,33,34). The van der Waals surface area contributed by atoms with Crippen LogP contribution < -0.4 is 10.2 Å². The number of pyridine rings is 1. The molecule has 38 heavy (non-hydrogen) atoms. The number of carbonyl (C=O) groups is 1. The van der Waals surface area contributed by atoms with E-state index in [0.29, 0.717) is 29.8 Å². The first-order chi connectivity index (χ1) is 18.4. The summed E-state index contributed by atoms with van der Waals surface area (Å²) in [5, 5.41) is 7.57. The topological polar surface area (TPSA) is 92.1 Å². The molecule has 1 amide bonds. The van der Waals surface area contributed by atoms with Gasteiger partial charge in [-0.1, -0.05) is 0 Å². The number of hydrogen-bond donors (Lipinski definition) is 1. The molecule has 0 bridgehead atoms. The SMILES string of the molecule is CC(C)n1ncc2ncc(-c3nc(Nc4ccc(N5CCN(C(=O)CC6CC6)CC5)cc4)ncc3F)cc21. The maximum atomic E-state index is 14.7. The quantitative estimate of drug-likeness (QED) is 0.379. The van der Waals surface area contributed by atoms with Crippen molar-refractivity contribution in [1.82, 2.24) is 29.6 Å². The smallest absolute Gasteiger partial charge is 0.227 e. The van der Waals surface area contributed by atoms with Crippen LogP contribution >= 0.6 is 0 Å². The Kier molecular flexibility index (Phi) is 6.39. The minimum absolute atomic E-state index is 0.152. The van der Waals surface area contributed by atoms with Gasteiger partial charge in [-0.05, 0) is 62.9 Å². The predicted molar refractivity (Wildman–Crippen MR) is 145 cm³/mol. The van der Waals surface area contributed by atoms with E-state index >= 15 is 0 Å². The first kappa shape index (κ1) is 24.3. The third-order valence-electron chi connectivity index (χ3n) is 7.24. The number of benzene rings is 1. The van der Waals surface area contributed by atoms with Crippen LogP contribution in [0.2, 0.25) is 0 Å². The Morgan fingerprint density at radius 1 is 1.05 bits per heavy atom. The predicted octanol–water partition coefficient (Wildman–Crippen LogP) is 4.80. The molecule has 2 aliphatic rings. The van der Waals surface area contributed by atoms with Gasteiger partial charge < -0.3 is 15.1 Å². The van der Waals surface area contributed by atoms with E-state index in [1.54, 1.807) is 12.4 Å². The van der Waals surface area contributed by atoms with Gasteiger partial charge in [0.25, 0.3) is 0 Å². The molecule has 1 aromatic carbocycles. The molecule has 1 saturated heterocycles. The van der Waals surface area contributed by atoms with Gasteiger partial charge in [-0.3, -0.25) is 14.5 Å². The second-order valence-electron chi connectivity index (χ2n) is 10.4. The van der Waals surface area contributed by atoms with Gasteiger partial charge in [-0.2, -0.15) is 5.10 Å². The number of rotatable bonds is 7. The first-order valence-corrected chi connectivity index (χ1v) is 13.2. The fourth-order valence-corrected chi connectivity index (χ4v) is 4.89. The van der Waals surface area contributed by atoms with Crippen molar-refractivity contribution < 1.29 is 9.18 Å². The van der Waals surface area contributed by atoms with Crippen molar-refractivity contribution in [1.29, 1.82) is 0 Å². The van der Waals surface area contributed by atoms with E-state index in [4.69, 9.17) is 0 Å². The number of carbonyl (C=O) groups excluding carboxylic acids is 1. The lowest BCUT2D eigenvalue weighted by Crippen LogP contribution is -2.48. The third-order valence-corrected chi connectivity index (χ3v) is 7.24. The van der Waals surface area contributed by atoms with E-state index in [2.05, 4.69) is 30.3 Å². The average Bonchev–Trinajstić information content (AvgIpc) is 3.64. The molecule has 6 rings (SSSR count). The van der Waals surface area contributed by atoms with Gasteiger partial charge in [0.15, 0.2) is 5.82 Å². The van der Waals surface area contributed by atoms with Crippen LogP contribution in [0.15, 0.2) is 48.9 Å².